The van der Waals surface area contributed by atoms with Crippen LogP contribution < -0.4 is 9.46 Å². The lowest BCUT2D eigenvalue weighted by Crippen LogP contribution is -2.49. The molecule has 8 nitrogen and oxygen atoms in total. The van der Waals surface area contributed by atoms with Crippen molar-refractivity contribution in [3.63, 3.8) is 0 Å². The van der Waals surface area contributed by atoms with Gasteiger partial charge in [0.25, 0.3) is 15.9 Å². The number of ether oxygens (including phenoxy) is 1. The summed E-state index contributed by atoms with van der Waals surface area (Å²) in [7, 11) is 0.177. The van der Waals surface area contributed by atoms with Crippen LogP contribution in [0.15, 0.2) is 71.6 Å². The minimum atomic E-state index is -3.95. The van der Waals surface area contributed by atoms with Gasteiger partial charge in [-0.2, -0.15) is 0 Å². The highest BCUT2D eigenvalue weighted by Gasteiger charge is 2.23. The van der Waals surface area contributed by atoms with Gasteiger partial charge in [-0.25, -0.2) is 8.42 Å². The first-order chi connectivity index (χ1) is 18.6. The highest BCUT2D eigenvalue weighted by molar-refractivity contribution is 7.92. The van der Waals surface area contributed by atoms with Gasteiger partial charge in [0.2, 0.25) is 0 Å². The zero-order valence-electron chi connectivity index (χ0n) is 21.9. The maximum Gasteiger partial charge on any atom is 0.262 e. The molecule has 1 aliphatic rings. The first-order valence-electron chi connectivity index (χ1n) is 12.6. The summed E-state index contributed by atoms with van der Waals surface area (Å²) in [6.45, 7) is 5.02. The molecule has 4 rings (SSSR count). The molecule has 0 aliphatic carbocycles. The third-order valence-electron chi connectivity index (χ3n) is 6.40. The fourth-order valence-corrected chi connectivity index (χ4v) is 5.78. The monoisotopic (exact) mass is 590 g/mol. The van der Waals surface area contributed by atoms with Gasteiger partial charge in [0.1, 0.15) is 5.75 Å². The number of rotatable bonds is 10. The van der Waals surface area contributed by atoms with E-state index in [4.69, 9.17) is 27.9 Å². The van der Waals surface area contributed by atoms with E-state index in [1.54, 1.807) is 54.6 Å². The van der Waals surface area contributed by atoms with Gasteiger partial charge in [0.15, 0.2) is 5.75 Å². The molecule has 39 heavy (non-hydrogen) atoms. The molecule has 0 bridgehead atoms. The predicted molar refractivity (Wildman–Crippen MR) is 156 cm³/mol. The Hall–Kier alpha value is -2.82. The Bertz CT molecular complexity index is 1390. The zero-order valence-corrected chi connectivity index (χ0v) is 24.3. The number of nitrogens with zero attached hydrogens (tertiary/aromatic N) is 3. The fraction of sp³-hybridized carbons (Fsp3) is 0.321. The molecule has 1 saturated heterocycles. The second-order valence-electron chi connectivity index (χ2n) is 9.59. The van der Waals surface area contributed by atoms with Gasteiger partial charge in [-0.05, 0) is 88.2 Å². The third-order valence-corrected chi connectivity index (χ3v) is 8.31. The van der Waals surface area contributed by atoms with E-state index >= 15 is 0 Å². The minimum Gasteiger partial charge on any atom is -0.454 e. The van der Waals surface area contributed by atoms with Crippen LogP contribution in [0.1, 0.15) is 16.8 Å². The Kier molecular flexibility index (Phi) is 9.74. The fourth-order valence-electron chi connectivity index (χ4n) is 4.26. The maximum absolute atomic E-state index is 13.2. The molecule has 0 unspecified atom stereocenters. The Morgan fingerprint density at radius 3 is 2.31 bits per heavy atom. The van der Waals surface area contributed by atoms with E-state index in [2.05, 4.69) is 28.6 Å². The van der Waals surface area contributed by atoms with Crippen molar-refractivity contribution in [2.24, 2.45) is 0 Å². The molecule has 3 aromatic rings. The SMILES string of the molecule is CN(C)CCCN1CCN(C(=O)c2ccc(S(=O)(=O)Nc3ccccc3Oc3ccc(Cl)cc3Cl)cc2)CC1. The van der Waals surface area contributed by atoms with Crippen LogP contribution >= 0.6 is 23.2 Å². The molecule has 0 aromatic heterocycles. The number of carbonyl (C=O) groups excluding carboxylic acids is 1. The zero-order chi connectivity index (χ0) is 28.0. The van der Waals surface area contributed by atoms with Crippen LogP contribution in [-0.4, -0.2) is 82.4 Å². The molecule has 11 heteroatoms. The lowest BCUT2D eigenvalue weighted by molar-refractivity contribution is 0.0633. The first-order valence-corrected chi connectivity index (χ1v) is 14.9. The lowest BCUT2D eigenvalue weighted by Gasteiger charge is -2.35. The van der Waals surface area contributed by atoms with Crippen molar-refractivity contribution in [2.45, 2.75) is 11.3 Å². The van der Waals surface area contributed by atoms with Crippen molar-refractivity contribution in [3.8, 4) is 11.5 Å². The van der Waals surface area contributed by atoms with Crippen molar-refractivity contribution in [1.82, 2.24) is 14.7 Å². The average molecular weight is 592 g/mol. The Balaban J connectivity index is 1.39. The smallest absolute Gasteiger partial charge is 0.262 e. The highest BCUT2D eigenvalue weighted by Crippen LogP contribution is 2.35. The molecule has 3 aromatic carbocycles. The number of sulfonamides is 1. The van der Waals surface area contributed by atoms with Crippen LogP contribution in [0.2, 0.25) is 10.0 Å². The third kappa shape index (κ3) is 7.86. The summed E-state index contributed by atoms with van der Waals surface area (Å²) in [6.07, 6.45) is 1.09. The summed E-state index contributed by atoms with van der Waals surface area (Å²) < 4.78 is 34.7. The van der Waals surface area contributed by atoms with E-state index < -0.39 is 10.0 Å². The van der Waals surface area contributed by atoms with Crippen molar-refractivity contribution in [1.29, 1.82) is 0 Å². The van der Waals surface area contributed by atoms with Crippen LogP contribution in [0, 0.1) is 0 Å². The number of halogens is 2. The van der Waals surface area contributed by atoms with Gasteiger partial charge in [0, 0.05) is 36.8 Å². The predicted octanol–water partition coefficient (Wildman–Crippen LogP) is 5.30. The van der Waals surface area contributed by atoms with Gasteiger partial charge < -0.3 is 14.5 Å². The number of benzene rings is 3. The second-order valence-corrected chi connectivity index (χ2v) is 12.1. The molecule has 0 saturated carbocycles. The Morgan fingerprint density at radius 2 is 1.64 bits per heavy atom. The van der Waals surface area contributed by atoms with Gasteiger partial charge in [0.05, 0.1) is 15.6 Å². The summed E-state index contributed by atoms with van der Waals surface area (Å²) in [5.74, 6) is 0.515. The van der Waals surface area contributed by atoms with E-state index in [1.807, 2.05) is 4.90 Å². The second kappa shape index (κ2) is 13.0. The molecule has 1 N–H and O–H groups in total. The number of para-hydroxylation sites is 2. The number of nitrogens with one attached hydrogen (secondary N) is 1. The van der Waals surface area contributed by atoms with Crippen LogP contribution in [-0.2, 0) is 10.0 Å². The maximum atomic E-state index is 13.2. The van der Waals surface area contributed by atoms with Gasteiger partial charge in [-0.15, -0.1) is 0 Å². The first kappa shape index (κ1) is 29.2. The quantitative estimate of drug-likeness (QED) is 0.345. The molecule has 208 valence electrons. The van der Waals surface area contributed by atoms with E-state index in [0.29, 0.717) is 34.4 Å². The van der Waals surface area contributed by atoms with E-state index in [-0.39, 0.29) is 22.2 Å². The van der Waals surface area contributed by atoms with Crippen LogP contribution in [0.25, 0.3) is 0 Å². The molecule has 0 atom stereocenters. The molecule has 1 aliphatic heterocycles. The lowest BCUT2D eigenvalue weighted by atomic mass is 10.2. The number of hydrogen-bond acceptors (Lipinski definition) is 6. The van der Waals surface area contributed by atoms with E-state index in [0.717, 1.165) is 32.6 Å². The summed E-state index contributed by atoms with van der Waals surface area (Å²) in [4.78, 5) is 19.4. The molecule has 1 heterocycles. The van der Waals surface area contributed by atoms with Crippen LogP contribution in [0.3, 0.4) is 0 Å². The molecule has 0 radical (unpaired) electrons. The largest absolute Gasteiger partial charge is 0.454 e. The van der Waals surface area contributed by atoms with Crippen molar-refractivity contribution in [2.75, 3.05) is 58.1 Å². The van der Waals surface area contributed by atoms with Gasteiger partial charge in [-0.3, -0.25) is 14.4 Å². The molecular weight excluding hydrogens is 559 g/mol. The summed E-state index contributed by atoms with van der Waals surface area (Å²) in [5, 5.41) is 0.757. The van der Waals surface area contributed by atoms with Crippen molar-refractivity contribution in [3.05, 3.63) is 82.3 Å². The standard InChI is InChI=1S/C28H32Cl2N4O4S/c1-32(2)14-5-15-33-16-18-34(19-17-33)28(35)21-8-11-23(12-9-21)39(36,37)31-25-6-3-4-7-27(25)38-26-13-10-22(29)20-24(26)30/h3-4,6-13,20,31H,5,14-19H2,1-2H3. The van der Waals surface area contributed by atoms with Crippen molar-refractivity contribution >= 4 is 44.8 Å². The molecule has 1 amide bonds. The van der Waals surface area contributed by atoms with E-state index in [9.17, 15) is 13.2 Å². The molecular formula is C28H32Cl2N4O4S. The number of anilines is 1. The summed E-state index contributed by atoms with van der Waals surface area (Å²) >= 11 is 12.2. The number of amides is 1. The average Bonchev–Trinajstić information content (AvgIpc) is 2.91. The normalized spacial score (nSPS) is 14.4. The Morgan fingerprint density at radius 1 is 0.949 bits per heavy atom. The van der Waals surface area contributed by atoms with Gasteiger partial charge in [-0.1, -0.05) is 35.3 Å². The number of hydrogen-bond donors (Lipinski definition) is 1. The topological polar surface area (TPSA) is 82.2 Å². The van der Waals surface area contributed by atoms with Crippen LogP contribution in [0.5, 0.6) is 11.5 Å². The van der Waals surface area contributed by atoms with Gasteiger partial charge >= 0.3 is 0 Å². The molecule has 0 spiro atoms. The highest BCUT2D eigenvalue weighted by atomic mass is 35.5. The van der Waals surface area contributed by atoms with Crippen molar-refractivity contribution < 1.29 is 17.9 Å². The summed E-state index contributed by atoms with van der Waals surface area (Å²) in [6, 6.07) is 17.4. The van der Waals surface area contributed by atoms with E-state index in [1.165, 1.54) is 12.1 Å². The van der Waals surface area contributed by atoms with Crippen LogP contribution in [0.4, 0.5) is 5.69 Å². The molecule has 1 fully saturated rings. The Labute approximate surface area is 240 Å². The summed E-state index contributed by atoms with van der Waals surface area (Å²) in [5.41, 5.74) is 0.697. The number of carbonyl (C=O) groups is 1. The minimum absolute atomic E-state index is 0.0316. The number of piperazine rings is 1.